The van der Waals surface area contributed by atoms with Crippen molar-refractivity contribution in [3.63, 3.8) is 0 Å². The lowest BCUT2D eigenvalue weighted by Gasteiger charge is -2.43. The molecule has 1 aromatic heterocycles. The summed E-state index contributed by atoms with van der Waals surface area (Å²) in [6.45, 7) is 7.62. The van der Waals surface area contributed by atoms with Gasteiger partial charge < -0.3 is 9.73 Å². The standard InChI is InChI=1S/C12H19NO/c1-9-10(4-5-14-9)8-13-11-6-12(2,3)7-11/h4-5,11,13H,6-8H2,1-3H3. The molecular formula is C12H19NO. The molecule has 1 aromatic rings. The summed E-state index contributed by atoms with van der Waals surface area (Å²) in [4.78, 5) is 0. The minimum absolute atomic E-state index is 0.559. The first-order chi connectivity index (χ1) is 6.57. The molecule has 0 radical (unpaired) electrons. The van der Waals surface area contributed by atoms with E-state index in [0.717, 1.165) is 12.3 Å². The van der Waals surface area contributed by atoms with E-state index in [1.807, 2.05) is 13.0 Å². The number of hydrogen-bond acceptors (Lipinski definition) is 2. The summed E-state index contributed by atoms with van der Waals surface area (Å²) in [6, 6.07) is 2.76. The lowest BCUT2D eigenvalue weighted by Crippen LogP contribution is -2.45. The van der Waals surface area contributed by atoms with Gasteiger partial charge in [-0.1, -0.05) is 13.8 Å². The van der Waals surface area contributed by atoms with Gasteiger partial charge in [-0.25, -0.2) is 0 Å². The second kappa shape index (κ2) is 3.43. The first-order valence-corrected chi connectivity index (χ1v) is 5.33. The van der Waals surface area contributed by atoms with Gasteiger partial charge in [-0.2, -0.15) is 0 Å². The van der Waals surface area contributed by atoms with Crippen LogP contribution in [0.15, 0.2) is 16.7 Å². The Hall–Kier alpha value is -0.760. The van der Waals surface area contributed by atoms with Gasteiger partial charge in [0.2, 0.25) is 0 Å². The van der Waals surface area contributed by atoms with Crippen LogP contribution in [0.3, 0.4) is 0 Å². The molecule has 0 atom stereocenters. The summed E-state index contributed by atoms with van der Waals surface area (Å²) in [5.74, 6) is 1.04. The molecule has 1 heterocycles. The Balaban J connectivity index is 1.77. The second-order valence-corrected chi connectivity index (χ2v) is 5.15. The minimum Gasteiger partial charge on any atom is -0.469 e. The normalized spacial score (nSPS) is 20.8. The third-order valence-electron chi connectivity index (χ3n) is 3.15. The summed E-state index contributed by atoms with van der Waals surface area (Å²) in [7, 11) is 0. The first-order valence-electron chi connectivity index (χ1n) is 5.33. The molecule has 2 rings (SSSR count). The fourth-order valence-electron chi connectivity index (χ4n) is 2.27. The maximum atomic E-state index is 5.25. The quantitative estimate of drug-likeness (QED) is 0.798. The van der Waals surface area contributed by atoms with Gasteiger partial charge in [-0.05, 0) is 31.2 Å². The highest BCUT2D eigenvalue weighted by atomic mass is 16.3. The number of hydrogen-bond donors (Lipinski definition) is 1. The molecule has 0 aliphatic heterocycles. The molecule has 1 fully saturated rings. The van der Waals surface area contributed by atoms with Gasteiger partial charge in [0.1, 0.15) is 5.76 Å². The van der Waals surface area contributed by atoms with Crippen LogP contribution >= 0.6 is 0 Å². The highest BCUT2D eigenvalue weighted by Crippen LogP contribution is 2.39. The van der Waals surface area contributed by atoms with Crippen LogP contribution in [0, 0.1) is 12.3 Å². The molecule has 1 aliphatic carbocycles. The largest absolute Gasteiger partial charge is 0.469 e. The van der Waals surface area contributed by atoms with Crippen molar-refractivity contribution in [2.24, 2.45) is 5.41 Å². The molecule has 2 heteroatoms. The van der Waals surface area contributed by atoms with E-state index in [-0.39, 0.29) is 0 Å². The lowest BCUT2D eigenvalue weighted by molar-refractivity contribution is 0.125. The van der Waals surface area contributed by atoms with Crippen molar-refractivity contribution in [3.05, 3.63) is 23.7 Å². The average molecular weight is 193 g/mol. The number of nitrogens with one attached hydrogen (secondary N) is 1. The highest BCUT2D eigenvalue weighted by Gasteiger charge is 2.35. The van der Waals surface area contributed by atoms with Crippen LogP contribution in [-0.2, 0) is 6.54 Å². The topological polar surface area (TPSA) is 25.2 Å². The van der Waals surface area contributed by atoms with Crippen molar-refractivity contribution in [3.8, 4) is 0 Å². The third-order valence-corrected chi connectivity index (χ3v) is 3.15. The van der Waals surface area contributed by atoms with Crippen LogP contribution in [-0.4, -0.2) is 6.04 Å². The van der Waals surface area contributed by atoms with Crippen LogP contribution in [0.5, 0.6) is 0 Å². The fraction of sp³-hybridized carbons (Fsp3) is 0.667. The van der Waals surface area contributed by atoms with E-state index in [1.54, 1.807) is 6.26 Å². The number of furan rings is 1. The Morgan fingerprint density at radius 2 is 2.21 bits per heavy atom. The second-order valence-electron chi connectivity index (χ2n) is 5.15. The van der Waals surface area contributed by atoms with E-state index < -0.39 is 0 Å². The fourth-order valence-corrected chi connectivity index (χ4v) is 2.27. The molecule has 0 aromatic carbocycles. The maximum Gasteiger partial charge on any atom is 0.105 e. The molecule has 78 valence electrons. The molecule has 14 heavy (non-hydrogen) atoms. The Labute approximate surface area is 85.7 Å². The van der Waals surface area contributed by atoms with E-state index in [1.165, 1.54) is 18.4 Å². The zero-order chi connectivity index (χ0) is 10.2. The predicted molar refractivity (Wildman–Crippen MR) is 57.1 cm³/mol. The molecule has 2 nitrogen and oxygen atoms in total. The van der Waals surface area contributed by atoms with Crippen molar-refractivity contribution in [1.29, 1.82) is 0 Å². The summed E-state index contributed by atoms with van der Waals surface area (Å²) >= 11 is 0. The van der Waals surface area contributed by atoms with Crippen LogP contribution in [0.4, 0.5) is 0 Å². The summed E-state index contributed by atoms with van der Waals surface area (Å²) in [6.07, 6.45) is 4.35. The Kier molecular flexibility index (Phi) is 2.40. The zero-order valence-corrected chi connectivity index (χ0v) is 9.26. The monoisotopic (exact) mass is 193 g/mol. The van der Waals surface area contributed by atoms with Gasteiger partial charge in [0.05, 0.1) is 6.26 Å². The van der Waals surface area contributed by atoms with Gasteiger partial charge in [-0.3, -0.25) is 0 Å². The van der Waals surface area contributed by atoms with Crippen molar-refractivity contribution in [2.75, 3.05) is 0 Å². The van der Waals surface area contributed by atoms with Gasteiger partial charge >= 0.3 is 0 Å². The first kappa shape index (κ1) is 9.78. The van der Waals surface area contributed by atoms with E-state index in [4.69, 9.17) is 4.42 Å². The van der Waals surface area contributed by atoms with E-state index >= 15 is 0 Å². The van der Waals surface area contributed by atoms with E-state index in [2.05, 4.69) is 19.2 Å². The van der Waals surface area contributed by atoms with Crippen LogP contribution in [0.25, 0.3) is 0 Å². The molecule has 0 bridgehead atoms. The molecule has 0 saturated heterocycles. The molecule has 1 N–H and O–H groups in total. The SMILES string of the molecule is Cc1occc1CNC1CC(C)(C)C1. The molecule has 1 saturated carbocycles. The summed E-state index contributed by atoms with van der Waals surface area (Å²) in [5, 5.41) is 3.56. The Morgan fingerprint density at radius 3 is 2.71 bits per heavy atom. The predicted octanol–water partition coefficient (Wildman–Crippen LogP) is 2.87. The molecule has 0 amide bonds. The van der Waals surface area contributed by atoms with Crippen LogP contribution < -0.4 is 5.32 Å². The van der Waals surface area contributed by atoms with E-state index in [0.29, 0.717) is 11.5 Å². The summed E-state index contributed by atoms with van der Waals surface area (Å²) in [5.41, 5.74) is 1.85. The third kappa shape index (κ3) is 2.01. The van der Waals surface area contributed by atoms with Crippen molar-refractivity contribution >= 4 is 0 Å². The van der Waals surface area contributed by atoms with Crippen molar-refractivity contribution in [2.45, 2.75) is 46.2 Å². The van der Waals surface area contributed by atoms with Gasteiger partial charge in [0, 0.05) is 18.2 Å². The zero-order valence-electron chi connectivity index (χ0n) is 9.26. The van der Waals surface area contributed by atoms with Gasteiger partial charge in [0.15, 0.2) is 0 Å². The average Bonchev–Trinajstić information content (AvgIpc) is 2.44. The minimum atomic E-state index is 0.559. The number of aryl methyl sites for hydroxylation is 1. The van der Waals surface area contributed by atoms with Crippen molar-refractivity contribution < 1.29 is 4.42 Å². The van der Waals surface area contributed by atoms with E-state index in [9.17, 15) is 0 Å². The Bertz CT molecular complexity index is 306. The molecule has 0 unspecified atom stereocenters. The summed E-state index contributed by atoms with van der Waals surface area (Å²) < 4.78 is 5.25. The molecular weight excluding hydrogens is 174 g/mol. The van der Waals surface area contributed by atoms with Crippen molar-refractivity contribution in [1.82, 2.24) is 5.32 Å². The molecule has 1 aliphatic rings. The van der Waals surface area contributed by atoms with Gasteiger partial charge in [-0.15, -0.1) is 0 Å². The maximum absolute atomic E-state index is 5.25. The highest BCUT2D eigenvalue weighted by molar-refractivity contribution is 5.15. The smallest absolute Gasteiger partial charge is 0.105 e. The molecule has 0 spiro atoms. The van der Waals surface area contributed by atoms with Gasteiger partial charge in [0.25, 0.3) is 0 Å². The Morgan fingerprint density at radius 1 is 1.50 bits per heavy atom. The lowest BCUT2D eigenvalue weighted by atomic mass is 9.68. The van der Waals surface area contributed by atoms with Crippen LogP contribution in [0.2, 0.25) is 0 Å². The van der Waals surface area contributed by atoms with Crippen LogP contribution in [0.1, 0.15) is 38.0 Å². The number of rotatable bonds is 3.